The van der Waals surface area contributed by atoms with Gasteiger partial charge in [-0.25, -0.2) is 4.79 Å². The third-order valence-corrected chi connectivity index (χ3v) is 3.03. The zero-order valence-corrected chi connectivity index (χ0v) is 11.1. The predicted molar refractivity (Wildman–Crippen MR) is 68.6 cm³/mol. The minimum Gasteiger partial charge on any atom is -0.481 e. The second kappa shape index (κ2) is 7.60. The molecule has 0 aromatic rings. The molecule has 3 N–H and O–H groups in total. The molecule has 0 unspecified atom stereocenters. The number of nitrogens with zero attached hydrogens (tertiary/aromatic N) is 1. The number of hydrogen-bond acceptors (Lipinski definition) is 3. The van der Waals surface area contributed by atoms with Gasteiger partial charge < -0.3 is 20.6 Å². The van der Waals surface area contributed by atoms with Crippen LogP contribution in [0.4, 0.5) is 4.79 Å². The molecule has 0 bridgehead atoms. The van der Waals surface area contributed by atoms with E-state index in [1.54, 1.807) is 0 Å². The molecule has 7 nitrogen and oxygen atoms in total. The molecule has 1 atom stereocenters. The standard InChI is InChI=1S/C12H21N3O4/c1-2-5-13-10(16)7-14-12(19)15-6-3-4-9(8-15)11(17)18/h9H,2-8H2,1H3,(H,13,16)(H,14,19)(H,17,18)/t9-/m1/s1. The van der Waals surface area contributed by atoms with Gasteiger partial charge in [-0.1, -0.05) is 6.92 Å². The van der Waals surface area contributed by atoms with E-state index in [9.17, 15) is 14.4 Å². The average molecular weight is 271 g/mol. The summed E-state index contributed by atoms with van der Waals surface area (Å²) in [5.74, 6) is -1.62. The monoisotopic (exact) mass is 271 g/mol. The smallest absolute Gasteiger partial charge is 0.317 e. The molecule has 0 aromatic carbocycles. The molecular weight excluding hydrogens is 250 g/mol. The first-order valence-electron chi connectivity index (χ1n) is 6.56. The van der Waals surface area contributed by atoms with Crippen LogP contribution in [0.25, 0.3) is 0 Å². The van der Waals surface area contributed by atoms with Crippen molar-refractivity contribution in [3.63, 3.8) is 0 Å². The molecule has 1 rings (SSSR count). The first kappa shape index (κ1) is 15.3. The van der Waals surface area contributed by atoms with Crippen LogP contribution in [0.1, 0.15) is 26.2 Å². The normalized spacial score (nSPS) is 18.8. The number of amides is 3. The first-order chi connectivity index (χ1) is 9.04. The summed E-state index contributed by atoms with van der Waals surface area (Å²) >= 11 is 0. The average Bonchev–Trinajstić information content (AvgIpc) is 2.42. The summed E-state index contributed by atoms with van der Waals surface area (Å²) in [4.78, 5) is 35.4. The minimum absolute atomic E-state index is 0.0763. The highest BCUT2D eigenvalue weighted by atomic mass is 16.4. The lowest BCUT2D eigenvalue weighted by molar-refractivity contribution is -0.143. The van der Waals surface area contributed by atoms with Crippen LogP contribution in [0.2, 0.25) is 0 Å². The number of likely N-dealkylation sites (tertiary alicyclic amines) is 1. The Labute approximate surface area is 112 Å². The molecule has 0 saturated carbocycles. The van der Waals surface area contributed by atoms with E-state index in [4.69, 9.17) is 5.11 Å². The topological polar surface area (TPSA) is 98.7 Å². The number of nitrogens with one attached hydrogen (secondary N) is 2. The van der Waals surface area contributed by atoms with Gasteiger partial charge in [-0.2, -0.15) is 0 Å². The number of carbonyl (C=O) groups excluding carboxylic acids is 2. The van der Waals surface area contributed by atoms with Gasteiger partial charge in [-0.05, 0) is 19.3 Å². The zero-order valence-electron chi connectivity index (χ0n) is 11.1. The number of carbonyl (C=O) groups is 3. The fraction of sp³-hybridized carbons (Fsp3) is 0.750. The van der Waals surface area contributed by atoms with Gasteiger partial charge in [0.25, 0.3) is 0 Å². The lowest BCUT2D eigenvalue weighted by atomic mass is 9.99. The van der Waals surface area contributed by atoms with Gasteiger partial charge in [0.15, 0.2) is 0 Å². The van der Waals surface area contributed by atoms with Gasteiger partial charge in [-0.15, -0.1) is 0 Å². The summed E-state index contributed by atoms with van der Waals surface area (Å²) in [5.41, 5.74) is 0. The van der Waals surface area contributed by atoms with Gasteiger partial charge in [-0.3, -0.25) is 9.59 Å². The molecule has 0 spiro atoms. The number of carboxylic acid groups (broad SMARTS) is 1. The van der Waals surface area contributed by atoms with Crippen molar-refractivity contribution in [2.24, 2.45) is 5.92 Å². The Morgan fingerprint density at radius 1 is 1.32 bits per heavy atom. The molecule has 0 aromatic heterocycles. The molecule has 0 aliphatic carbocycles. The molecule has 1 aliphatic heterocycles. The first-order valence-corrected chi connectivity index (χ1v) is 6.56. The molecular formula is C12H21N3O4. The maximum absolute atomic E-state index is 11.8. The van der Waals surface area contributed by atoms with Crippen molar-refractivity contribution in [1.29, 1.82) is 0 Å². The van der Waals surface area contributed by atoms with Crippen molar-refractivity contribution >= 4 is 17.9 Å². The zero-order chi connectivity index (χ0) is 14.3. The third kappa shape index (κ3) is 5.15. The van der Waals surface area contributed by atoms with E-state index < -0.39 is 11.9 Å². The van der Waals surface area contributed by atoms with Crippen LogP contribution in [0.5, 0.6) is 0 Å². The summed E-state index contributed by atoms with van der Waals surface area (Å²) in [7, 11) is 0. The van der Waals surface area contributed by atoms with Gasteiger partial charge in [0, 0.05) is 19.6 Å². The summed E-state index contributed by atoms with van der Waals surface area (Å²) < 4.78 is 0. The van der Waals surface area contributed by atoms with Crippen molar-refractivity contribution in [2.45, 2.75) is 26.2 Å². The summed E-state index contributed by atoms with van der Waals surface area (Å²) in [5, 5.41) is 14.1. The van der Waals surface area contributed by atoms with Crippen LogP contribution in [0.15, 0.2) is 0 Å². The van der Waals surface area contributed by atoms with E-state index in [0.717, 1.165) is 6.42 Å². The van der Waals surface area contributed by atoms with E-state index in [1.165, 1.54) is 4.90 Å². The number of rotatable bonds is 5. The van der Waals surface area contributed by atoms with E-state index in [2.05, 4.69) is 10.6 Å². The van der Waals surface area contributed by atoms with Crippen molar-refractivity contribution in [2.75, 3.05) is 26.2 Å². The Morgan fingerprint density at radius 3 is 2.68 bits per heavy atom. The number of aliphatic carboxylic acids is 1. The van der Waals surface area contributed by atoms with Gasteiger partial charge in [0.05, 0.1) is 12.5 Å². The van der Waals surface area contributed by atoms with Crippen LogP contribution < -0.4 is 10.6 Å². The molecule has 7 heteroatoms. The van der Waals surface area contributed by atoms with E-state index >= 15 is 0 Å². The van der Waals surface area contributed by atoms with E-state index in [0.29, 0.717) is 25.9 Å². The lowest BCUT2D eigenvalue weighted by Crippen LogP contribution is -2.49. The van der Waals surface area contributed by atoms with Gasteiger partial charge in [0.2, 0.25) is 5.91 Å². The van der Waals surface area contributed by atoms with E-state index in [-0.39, 0.29) is 25.0 Å². The highest BCUT2D eigenvalue weighted by Crippen LogP contribution is 2.16. The quantitative estimate of drug-likeness (QED) is 0.656. The molecule has 108 valence electrons. The summed E-state index contributed by atoms with van der Waals surface area (Å²) in [6.07, 6.45) is 2.11. The van der Waals surface area contributed by atoms with Crippen molar-refractivity contribution < 1.29 is 19.5 Å². The Bertz CT molecular complexity index is 346. The minimum atomic E-state index is -0.877. The van der Waals surface area contributed by atoms with E-state index in [1.807, 2.05) is 6.92 Å². The molecule has 1 saturated heterocycles. The Morgan fingerprint density at radius 2 is 2.05 bits per heavy atom. The molecule has 0 radical (unpaired) electrons. The summed E-state index contributed by atoms with van der Waals surface area (Å²) in [6, 6.07) is -0.377. The lowest BCUT2D eigenvalue weighted by Gasteiger charge is -2.30. The van der Waals surface area contributed by atoms with Crippen molar-refractivity contribution in [1.82, 2.24) is 15.5 Å². The molecule has 1 fully saturated rings. The maximum atomic E-state index is 11.8. The van der Waals surface area contributed by atoms with Crippen LogP contribution in [0.3, 0.4) is 0 Å². The predicted octanol–water partition coefficient (Wildman–Crippen LogP) is 0.0188. The van der Waals surface area contributed by atoms with Crippen molar-refractivity contribution in [3.05, 3.63) is 0 Å². The molecule has 1 heterocycles. The van der Waals surface area contributed by atoms with Gasteiger partial charge in [0.1, 0.15) is 0 Å². The van der Waals surface area contributed by atoms with Crippen molar-refractivity contribution in [3.8, 4) is 0 Å². The second-order valence-electron chi connectivity index (χ2n) is 4.63. The van der Waals surface area contributed by atoms with Gasteiger partial charge >= 0.3 is 12.0 Å². The third-order valence-electron chi connectivity index (χ3n) is 3.03. The van der Waals surface area contributed by atoms with Crippen LogP contribution in [-0.4, -0.2) is 54.1 Å². The van der Waals surface area contributed by atoms with Crippen LogP contribution in [0, 0.1) is 5.92 Å². The SMILES string of the molecule is CCCNC(=O)CNC(=O)N1CCC[C@@H](C(=O)O)C1. The fourth-order valence-corrected chi connectivity index (χ4v) is 1.96. The molecule has 19 heavy (non-hydrogen) atoms. The molecule has 3 amide bonds. The van der Waals surface area contributed by atoms with Crippen LogP contribution in [-0.2, 0) is 9.59 Å². The number of urea groups is 1. The Kier molecular flexibility index (Phi) is 6.11. The largest absolute Gasteiger partial charge is 0.481 e. The fourth-order valence-electron chi connectivity index (χ4n) is 1.96. The number of carboxylic acids is 1. The Hall–Kier alpha value is -1.79. The highest BCUT2D eigenvalue weighted by molar-refractivity contribution is 5.84. The number of hydrogen-bond donors (Lipinski definition) is 3. The molecule has 1 aliphatic rings. The Balaban J connectivity index is 2.32. The second-order valence-corrected chi connectivity index (χ2v) is 4.63. The summed E-state index contributed by atoms with van der Waals surface area (Å²) in [6.45, 7) is 3.19. The maximum Gasteiger partial charge on any atom is 0.317 e. The van der Waals surface area contributed by atoms with Crippen LogP contribution >= 0.6 is 0 Å². The number of piperidine rings is 1. The highest BCUT2D eigenvalue weighted by Gasteiger charge is 2.28.